The van der Waals surface area contributed by atoms with Gasteiger partial charge in [-0.2, -0.15) is 0 Å². The fourth-order valence-corrected chi connectivity index (χ4v) is 6.75. The van der Waals surface area contributed by atoms with E-state index < -0.39 is 60.7 Å². The molecule has 12 nitrogen and oxygen atoms in total. The maximum Gasteiger partial charge on any atom is 0.185 e. The molecule has 3 aliphatic rings. The molecule has 2 saturated heterocycles. The van der Waals surface area contributed by atoms with E-state index in [2.05, 4.69) is 61.5 Å². The van der Waals surface area contributed by atoms with Crippen molar-refractivity contribution in [2.24, 2.45) is 16.5 Å². The van der Waals surface area contributed by atoms with Crippen molar-refractivity contribution in [1.29, 1.82) is 0 Å². The number of aliphatic hydroxyl groups is 3. The minimum Gasteiger partial charge on any atom is -0.388 e. The van der Waals surface area contributed by atoms with Crippen LogP contribution in [0.2, 0.25) is 0 Å². The standard InChI is InChI=1S/C36H65N5O7/c1-8-41-28-19-27(38)31(29(42)32(28)48-35-30(43)33(39-7)36(6,44)21-45-35)47-34-26(37)16-15-25(46-34)20-40-18-17-24(5)14-10-13-23(4)12-9-11-22(2)3/h11,13,17-18,25-35,39,41-44H,8-10,12,14-16,19-21,37-38H2,1-7H3/b23-13+,24-17+,40-18?. The second kappa shape index (κ2) is 19.7. The molecule has 0 spiro atoms. The Kier molecular flexibility index (Phi) is 16.8. The van der Waals surface area contributed by atoms with Crippen molar-refractivity contribution < 1.29 is 34.3 Å². The van der Waals surface area contributed by atoms with Gasteiger partial charge in [-0.15, -0.1) is 0 Å². The molecule has 9 N–H and O–H groups in total. The van der Waals surface area contributed by atoms with Crippen molar-refractivity contribution in [2.75, 3.05) is 26.7 Å². The van der Waals surface area contributed by atoms with Crippen molar-refractivity contribution in [2.45, 2.75) is 159 Å². The molecule has 276 valence electrons. The number of nitrogens with zero attached hydrogens (tertiary/aromatic N) is 1. The maximum atomic E-state index is 11.6. The lowest BCUT2D eigenvalue weighted by Gasteiger charge is -2.49. The molecule has 2 heterocycles. The van der Waals surface area contributed by atoms with Crippen LogP contribution in [-0.4, -0.2) is 121 Å². The van der Waals surface area contributed by atoms with E-state index in [1.807, 2.05) is 13.1 Å². The predicted molar refractivity (Wildman–Crippen MR) is 190 cm³/mol. The summed E-state index contributed by atoms with van der Waals surface area (Å²) in [5.74, 6) is 0. The van der Waals surface area contributed by atoms with E-state index in [1.54, 1.807) is 14.0 Å². The smallest absolute Gasteiger partial charge is 0.185 e. The molecule has 12 atom stereocenters. The van der Waals surface area contributed by atoms with Crippen molar-refractivity contribution in [3.05, 3.63) is 34.9 Å². The van der Waals surface area contributed by atoms with Crippen LogP contribution in [0.3, 0.4) is 0 Å². The maximum absolute atomic E-state index is 11.6. The summed E-state index contributed by atoms with van der Waals surface area (Å²) in [6, 6.07) is -1.92. The Labute approximate surface area is 288 Å². The van der Waals surface area contributed by atoms with Gasteiger partial charge in [0.15, 0.2) is 12.6 Å². The first-order chi connectivity index (χ1) is 22.8. The van der Waals surface area contributed by atoms with Gasteiger partial charge in [-0.1, -0.05) is 35.8 Å². The van der Waals surface area contributed by atoms with Crippen LogP contribution >= 0.6 is 0 Å². The number of ether oxygens (including phenoxy) is 4. The molecule has 3 rings (SSSR count). The molecule has 1 aliphatic carbocycles. The number of hydrogen-bond donors (Lipinski definition) is 7. The minimum absolute atomic E-state index is 0.0491. The largest absolute Gasteiger partial charge is 0.388 e. The fraction of sp³-hybridized carbons (Fsp3) is 0.806. The molecule has 0 radical (unpaired) electrons. The Morgan fingerprint density at radius 2 is 1.65 bits per heavy atom. The molecule has 0 aromatic heterocycles. The summed E-state index contributed by atoms with van der Waals surface area (Å²) in [6.45, 7) is 13.2. The number of nitrogens with one attached hydrogen (secondary N) is 2. The molecule has 3 fully saturated rings. The number of likely N-dealkylation sites (N-methyl/N-ethyl adjacent to an activating group) is 2. The Bertz CT molecular complexity index is 1090. The van der Waals surface area contributed by atoms with Crippen LogP contribution in [-0.2, 0) is 18.9 Å². The molecular weight excluding hydrogens is 614 g/mol. The lowest BCUT2D eigenvalue weighted by atomic mass is 9.83. The van der Waals surface area contributed by atoms with Gasteiger partial charge in [-0.25, -0.2) is 0 Å². The van der Waals surface area contributed by atoms with Crippen LogP contribution in [0.1, 0.15) is 86.5 Å². The average molecular weight is 680 g/mol. The molecule has 48 heavy (non-hydrogen) atoms. The molecule has 12 heteroatoms. The normalized spacial score (nSPS) is 38.4. The number of allylic oxidation sites excluding steroid dienone is 6. The van der Waals surface area contributed by atoms with Gasteiger partial charge in [0.2, 0.25) is 0 Å². The third kappa shape index (κ3) is 12.1. The van der Waals surface area contributed by atoms with Crippen molar-refractivity contribution in [1.82, 2.24) is 10.6 Å². The van der Waals surface area contributed by atoms with E-state index in [9.17, 15) is 15.3 Å². The summed E-state index contributed by atoms with van der Waals surface area (Å²) >= 11 is 0. The van der Waals surface area contributed by atoms with E-state index in [4.69, 9.17) is 30.4 Å². The van der Waals surface area contributed by atoms with Crippen LogP contribution in [0.5, 0.6) is 0 Å². The average Bonchev–Trinajstić information content (AvgIpc) is 3.01. The SMILES string of the molecule is CCNC1CC(N)C(OC2OC(CN=C/C=C(\C)CC/C=C(\C)CCC=C(C)C)CCC2N)C(O)C1OC1OCC(C)(O)C(NC)C1O. The summed E-state index contributed by atoms with van der Waals surface area (Å²) < 4.78 is 24.5. The Balaban J connectivity index is 1.56. The first-order valence-corrected chi connectivity index (χ1v) is 17.8. The van der Waals surface area contributed by atoms with Crippen molar-refractivity contribution >= 4 is 6.21 Å². The second-order valence-electron chi connectivity index (χ2n) is 14.4. The molecular formula is C36H65N5O7. The van der Waals surface area contributed by atoms with Crippen molar-refractivity contribution in [3.63, 3.8) is 0 Å². The number of nitrogens with two attached hydrogens (primary N) is 2. The van der Waals surface area contributed by atoms with Gasteiger partial charge in [-0.3, -0.25) is 4.99 Å². The highest BCUT2D eigenvalue weighted by atomic mass is 16.7. The van der Waals surface area contributed by atoms with E-state index in [-0.39, 0.29) is 18.8 Å². The first kappa shape index (κ1) is 40.9. The first-order valence-electron chi connectivity index (χ1n) is 17.8. The molecule has 1 saturated carbocycles. The Morgan fingerprint density at radius 1 is 0.958 bits per heavy atom. The van der Waals surface area contributed by atoms with Gasteiger partial charge < -0.3 is 56.4 Å². The fourth-order valence-electron chi connectivity index (χ4n) is 6.75. The lowest BCUT2D eigenvalue weighted by Crippen LogP contribution is -2.69. The van der Waals surface area contributed by atoms with Crippen LogP contribution in [0, 0.1) is 0 Å². The van der Waals surface area contributed by atoms with Crippen LogP contribution in [0.25, 0.3) is 0 Å². The number of rotatable bonds is 16. The summed E-state index contributed by atoms with van der Waals surface area (Å²) in [7, 11) is 1.66. The number of hydrogen-bond acceptors (Lipinski definition) is 12. The summed E-state index contributed by atoms with van der Waals surface area (Å²) in [5, 5.41) is 39.5. The van der Waals surface area contributed by atoms with Gasteiger partial charge in [-0.05, 0) is 99.2 Å². The predicted octanol–water partition coefficient (Wildman–Crippen LogP) is 2.21. The summed E-state index contributed by atoms with van der Waals surface area (Å²) in [6.07, 6.45) is 8.57. The van der Waals surface area contributed by atoms with E-state index in [1.165, 1.54) is 16.7 Å². The quantitative estimate of drug-likeness (QED) is 0.0937. The Morgan fingerprint density at radius 3 is 2.33 bits per heavy atom. The van der Waals surface area contributed by atoms with Gasteiger partial charge in [0.05, 0.1) is 31.3 Å². The zero-order valence-corrected chi connectivity index (χ0v) is 30.3. The van der Waals surface area contributed by atoms with E-state index in [0.717, 1.165) is 32.1 Å². The molecule has 12 unspecified atom stereocenters. The number of aliphatic hydroxyl groups excluding tert-OH is 2. The van der Waals surface area contributed by atoms with E-state index >= 15 is 0 Å². The third-order valence-corrected chi connectivity index (χ3v) is 9.60. The van der Waals surface area contributed by atoms with Gasteiger partial charge in [0.25, 0.3) is 0 Å². The van der Waals surface area contributed by atoms with Crippen LogP contribution in [0.15, 0.2) is 39.9 Å². The molecule has 0 amide bonds. The molecule has 2 aliphatic heterocycles. The summed E-state index contributed by atoms with van der Waals surface area (Å²) in [5.41, 5.74) is 15.8. The zero-order valence-electron chi connectivity index (χ0n) is 30.3. The monoisotopic (exact) mass is 679 g/mol. The molecule has 0 bridgehead atoms. The Hall–Kier alpha value is -1.55. The second-order valence-corrected chi connectivity index (χ2v) is 14.4. The van der Waals surface area contributed by atoms with Gasteiger partial charge >= 0.3 is 0 Å². The van der Waals surface area contributed by atoms with Gasteiger partial charge in [0.1, 0.15) is 30.0 Å². The summed E-state index contributed by atoms with van der Waals surface area (Å²) in [4.78, 5) is 4.60. The zero-order chi connectivity index (χ0) is 35.4. The highest BCUT2D eigenvalue weighted by Gasteiger charge is 2.51. The van der Waals surface area contributed by atoms with Crippen LogP contribution in [0.4, 0.5) is 0 Å². The topological polar surface area (TPSA) is 186 Å². The number of aliphatic imine (C=N–C) groups is 1. The molecule has 0 aromatic carbocycles. The minimum atomic E-state index is -1.29. The molecule has 0 aromatic rings. The highest BCUT2D eigenvalue weighted by Crippen LogP contribution is 2.32. The van der Waals surface area contributed by atoms with E-state index in [0.29, 0.717) is 25.9 Å². The van der Waals surface area contributed by atoms with Gasteiger partial charge in [0, 0.05) is 18.3 Å². The highest BCUT2D eigenvalue weighted by molar-refractivity contribution is 5.72. The third-order valence-electron chi connectivity index (χ3n) is 9.60. The van der Waals surface area contributed by atoms with Crippen LogP contribution < -0.4 is 22.1 Å². The van der Waals surface area contributed by atoms with Crippen molar-refractivity contribution in [3.8, 4) is 0 Å². The lowest BCUT2D eigenvalue weighted by molar-refractivity contribution is -0.308.